The van der Waals surface area contributed by atoms with E-state index < -0.39 is 6.10 Å². The monoisotopic (exact) mass is 196 g/mol. The van der Waals surface area contributed by atoms with Gasteiger partial charge in [-0.25, -0.2) is 4.39 Å². The van der Waals surface area contributed by atoms with Crippen LogP contribution in [0.4, 0.5) is 4.39 Å². The molecular formula is C11H13FO2. The molecule has 0 spiro atoms. The molecule has 14 heavy (non-hydrogen) atoms. The predicted molar refractivity (Wildman–Crippen MR) is 50.6 cm³/mol. The van der Waals surface area contributed by atoms with Crippen LogP contribution < -0.4 is 4.74 Å². The summed E-state index contributed by atoms with van der Waals surface area (Å²) in [6.07, 6.45) is 1.45. The Bertz CT molecular complexity index is 334. The summed E-state index contributed by atoms with van der Waals surface area (Å²) in [6, 6.07) is 4.24. The molecule has 2 nitrogen and oxygen atoms in total. The van der Waals surface area contributed by atoms with E-state index in [1.54, 1.807) is 6.07 Å². The highest BCUT2D eigenvalue weighted by Gasteiger charge is 2.32. The third kappa shape index (κ3) is 1.73. The van der Waals surface area contributed by atoms with Crippen LogP contribution in [0.1, 0.15) is 24.5 Å². The quantitative estimate of drug-likeness (QED) is 0.803. The molecule has 1 unspecified atom stereocenters. The van der Waals surface area contributed by atoms with Crippen LogP contribution in [0.2, 0.25) is 0 Å². The van der Waals surface area contributed by atoms with E-state index >= 15 is 0 Å². The maximum absolute atomic E-state index is 13.0. The number of benzene rings is 1. The third-order valence-corrected chi connectivity index (χ3v) is 2.58. The fraction of sp³-hybridized carbons (Fsp3) is 0.455. The Morgan fingerprint density at radius 3 is 2.79 bits per heavy atom. The summed E-state index contributed by atoms with van der Waals surface area (Å²) in [5.41, 5.74) is 0.565. The van der Waals surface area contributed by atoms with E-state index in [2.05, 4.69) is 0 Å². The van der Waals surface area contributed by atoms with Crippen molar-refractivity contribution in [1.29, 1.82) is 0 Å². The number of methoxy groups -OCH3 is 1. The zero-order valence-electron chi connectivity index (χ0n) is 8.03. The summed E-state index contributed by atoms with van der Waals surface area (Å²) >= 11 is 0. The highest BCUT2D eigenvalue weighted by Crippen LogP contribution is 2.43. The topological polar surface area (TPSA) is 29.5 Å². The minimum Gasteiger partial charge on any atom is -0.496 e. The standard InChI is InChI=1S/C11H13FO2/c1-14-10-5-4-8(12)6-9(10)11(13)7-2-3-7/h4-7,11,13H,2-3H2,1H3. The van der Waals surface area contributed by atoms with Gasteiger partial charge in [-0.3, -0.25) is 0 Å². The maximum Gasteiger partial charge on any atom is 0.124 e. The van der Waals surface area contributed by atoms with Gasteiger partial charge in [0.15, 0.2) is 0 Å². The van der Waals surface area contributed by atoms with Gasteiger partial charge in [-0.05, 0) is 37.0 Å². The summed E-state index contributed by atoms with van der Waals surface area (Å²) in [6.45, 7) is 0. The second kappa shape index (κ2) is 3.58. The van der Waals surface area contributed by atoms with Crippen molar-refractivity contribution in [3.8, 4) is 5.75 Å². The first-order valence-corrected chi connectivity index (χ1v) is 4.74. The Labute approximate surface area is 82.3 Å². The van der Waals surface area contributed by atoms with Crippen molar-refractivity contribution in [3.63, 3.8) is 0 Å². The normalized spacial score (nSPS) is 17.9. The number of rotatable bonds is 3. The van der Waals surface area contributed by atoms with E-state index in [1.807, 2.05) is 0 Å². The van der Waals surface area contributed by atoms with Gasteiger partial charge in [0, 0.05) is 5.56 Å². The molecule has 1 atom stereocenters. The first-order chi connectivity index (χ1) is 6.72. The summed E-state index contributed by atoms with van der Waals surface area (Å²) in [5, 5.41) is 9.85. The van der Waals surface area contributed by atoms with Gasteiger partial charge in [-0.2, -0.15) is 0 Å². The van der Waals surface area contributed by atoms with Crippen molar-refractivity contribution >= 4 is 0 Å². The van der Waals surface area contributed by atoms with Crippen LogP contribution in [0.3, 0.4) is 0 Å². The molecule has 0 amide bonds. The van der Waals surface area contributed by atoms with Gasteiger partial charge in [0.25, 0.3) is 0 Å². The first kappa shape index (κ1) is 9.46. The van der Waals surface area contributed by atoms with Crippen LogP contribution in [0.25, 0.3) is 0 Å². The molecule has 0 bridgehead atoms. The van der Waals surface area contributed by atoms with Crippen LogP contribution in [-0.2, 0) is 0 Å². The van der Waals surface area contributed by atoms with Crippen molar-refractivity contribution in [2.75, 3.05) is 7.11 Å². The summed E-state index contributed by atoms with van der Waals surface area (Å²) < 4.78 is 18.0. The summed E-state index contributed by atoms with van der Waals surface area (Å²) in [5.74, 6) is 0.511. The first-order valence-electron chi connectivity index (χ1n) is 4.74. The molecule has 0 heterocycles. The van der Waals surface area contributed by atoms with Gasteiger partial charge in [-0.1, -0.05) is 0 Å². The molecule has 0 radical (unpaired) electrons. The number of hydrogen-bond donors (Lipinski definition) is 1. The molecular weight excluding hydrogens is 183 g/mol. The average molecular weight is 196 g/mol. The Balaban J connectivity index is 2.32. The fourth-order valence-corrected chi connectivity index (χ4v) is 1.60. The smallest absolute Gasteiger partial charge is 0.124 e. The minimum absolute atomic E-state index is 0.283. The fourth-order valence-electron chi connectivity index (χ4n) is 1.60. The largest absolute Gasteiger partial charge is 0.496 e. The second-order valence-corrected chi connectivity index (χ2v) is 3.67. The Kier molecular flexibility index (Phi) is 2.42. The van der Waals surface area contributed by atoms with Crippen molar-refractivity contribution < 1.29 is 14.2 Å². The van der Waals surface area contributed by atoms with E-state index in [-0.39, 0.29) is 11.7 Å². The zero-order valence-corrected chi connectivity index (χ0v) is 8.03. The van der Waals surface area contributed by atoms with E-state index in [9.17, 15) is 9.50 Å². The number of ether oxygens (including phenoxy) is 1. The zero-order chi connectivity index (χ0) is 10.1. The van der Waals surface area contributed by atoms with Gasteiger partial charge in [-0.15, -0.1) is 0 Å². The van der Waals surface area contributed by atoms with Crippen LogP contribution in [0.15, 0.2) is 18.2 Å². The molecule has 1 aliphatic carbocycles. The van der Waals surface area contributed by atoms with Crippen molar-refractivity contribution in [1.82, 2.24) is 0 Å². The Hall–Kier alpha value is -1.09. The van der Waals surface area contributed by atoms with Crippen LogP contribution in [0, 0.1) is 11.7 Å². The molecule has 1 fully saturated rings. The van der Waals surface area contributed by atoms with Crippen LogP contribution >= 0.6 is 0 Å². The van der Waals surface area contributed by atoms with Gasteiger partial charge in [0.1, 0.15) is 11.6 Å². The molecule has 76 valence electrons. The van der Waals surface area contributed by atoms with E-state index in [0.29, 0.717) is 11.3 Å². The van der Waals surface area contributed by atoms with Gasteiger partial charge < -0.3 is 9.84 Å². The molecule has 0 aliphatic heterocycles. The average Bonchev–Trinajstić information content (AvgIpc) is 3.00. The molecule has 1 saturated carbocycles. The Morgan fingerprint density at radius 2 is 2.21 bits per heavy atom. The number of hydrogen-bond acceptors (Lipinski definition) is 2. The SMILES string of the molecule is COc1ccc(F)cc1C(O)C1CC1. The van der Waals surface area contributed by atoms with E-state index in [0.717, 1.165) is 12.8 Å². The van der Waals surface area contributed by atoms with Crippen LogP contribution in [0.5, 0.6) is 5.75 Å². The number of aliphatic hydroxyl groups is 1. The van der Waals surface area contributed by atoms with Crippen molar-refractivity contribution in [2.24, 2.45) is 5.92 Å². The van der Waals surface area contributed by atoms with Crippen LogP contribution in [-0.4, -0.2) is 12.2 Å². The lowest BCUT2D eigenvalue weighted by molar-refractivity contribution is 0.149. The summed E-state index contributed by atoms with van der Waals surface area (Å²) in [7, 11) is 1.52. The number of aliphatic hydroxyl groups excluding tert-OH is 1. The van der Waals surface area contributed by atoms with Gasteiger partial charge in [0.2, 0.25) is 0 Å². The molecule has 1 aromatic rings. The molecule has 1 aromatic carbocycles. The highest BCUT2D eigenvalue weighted by molar-refractivity contribution is 5.36. The van der Waals surface area contributed by atoms with Gasteiger partial charge in [0.05, 0.1) is 13.2 Å². The molecule has 0 saturated heterocycles. The number of halogens is 1. The molecule has 1 N–H and O–H groups in total. The molecule has 0 aromatic heterocycles. The van der Waals surface area contributed by atoms with E-state index in [4.69, 9.17) is 4.74 Å². The Morgan fingerprint density at radius 1 is 1.50 bits per heavy atom. The lowest BCUT2D eigenvalue weighted by atomic mass is 10.0. The van der Waals surface area contributed by atoms with E-state index in [1.165, 1.54) is 19.2 Å². The van der Waals surface area contributed by atoms with Gasteiger partial charge >= 0.3 is 0 Å². The van der Waals surface area contributed by atoms with Crippen molar-refractivity contribution in [2.45, 2.75) is 18.9 Å². The molecule has 3 heteroatoms. The maximum atomic E-state index is 13.0. The predicted octanol–water partition coefficient (Wildman–Crippen LogP) is 2.28. The lowest BCUT2D eigenvalue weighted by Crippen LogP contribution is -2.03. The van der Waals surface area contributed by atoms with Crippen molar-refractivity contribution in [3.05, 3.63) is 29.6 Å². The summed E-state index contributed by atoms with van der Waals surface area (Å²) in [4.78, 5) is 0. The third-order valence-electron chi connectivity index (χ3n) is 2.58. The highest BCUT2D eigenvalue weighted by atomic mass is 19.1. The lowest BCUT2D eigenvalue weighted by Gasteiger charge is -2.13. The molecule has 2 rings (SSSR count). The minimum atomic E-state index is -0.583. The second-order valence-electron chi connectivity index (χ2n) is 3.67. The molecule has 1 aliphatic rings.